The molecule has 0 N–H and O–H groups in total. The minimum Gasteiger partial charge on any atom is -0.440 e. The molecule has 3 nitrogen and oxygen atoms in total. The van der Waals surface area contributed by atoms with Gasteiger partial charge >= 0.3 is 0 Å². The number of hydrogen-bond donors (Lipinski definition) is 0. The first-order valence-corrected chi connectivity index (χ1v) is 8.29. The Morgan fingerprint density at radius 3 is 2.50 bits per heavy atom. The van der Waals surface area contributed by atoms with Gasteiger partial charge in [-0.25, -0.2) is 9.97 Å². The van der Waals surface area contributed by atoms with Crippen LogP contribution >= 0.6 is 11.8 Å². The van der Waals surface area contributed by atoms with Gasteiger partial charge in [-0.2, -0.15) is 0 Å². The van der Waals surface area contributed by atoms with E-state index in [9.17, 15) is 0 Å². The Hall–Kier alpha value is -2.33. The van der Waals surface area contributed by atoms with Gasteiger partial charge in [0.15, 0.2) is 11.5 Å². The summed E-state index contributed by atoms with van der Waals surface area (Å²) in [6, 6.07) is 16.5. The number of pyridine rings is 1. The lowest BCUT2D eigenvalue weighted by Crippen LogP contribution is -1.89. The van der Waals surface area contributed by atoms with Crippen molar-refractivity contribution in [1.82, 2.24) is 9.97 Å². The predicted octanol–water partition coefficient (Wildman–Crippen LogP) is 5.07. The van der Waals surface area contributed by atoms with Crippen LogP contribution in [0.3, 0.4) is 0 Å². The van der Waals surface area contributed by atoms with Crippen LogP contribution in [0.25, 0.3) is 33.1 Å². The Morgan fingerprint density at radius 1 is 0.909 bits per heavy atom. The first kappa shape index (κ1) is 13.3. The molecule has 108 valence electrons. The summed E-state index contributed by atoms with van der Waals surface area (Å²) in [4.78, 5) is 9.34. The largest absolute Gasteiger partial charge is 0.440 e. The van der Waals surface area contributed by atoms with Crippen molar-refractivity contribution in [2.24, 2.45) is 0 Å². The molecule has 0 amide bonds. The van der Waals surface area contributed by atoms with Crippen molar-refractivity contribution in [3.8, 4) is 11.1 Å². The molecule has 0 spiro atoms. The fourth-order valence-electron chi connectivity index (χ4n) is 2.75. The van der Waals surface area contributed by atoms with Gasteiger partial charge in [-0.3, -0.25) is 0 Å². The van der Waals surface area contributed by atoms with Crippen LogP contribution in [0.5, 0.6) is 0 Å². The molecule has 0 bridgehead atoms. The summed E-state index contributed by atoms with van der Waals surface area (Å²) in [5, 5.41) is 1.91. The summed E-state index contributed by atoms with van der Waals surface area (Å²) in [6.45, 7) is 1.87. The molecule has 0 fully saturated rings. The van der Waals surface area contributed by atoms with Crippen LogP contribution in [-0.4, -0.2) is 16.2 Å². The molecule has 0 aliphatic rings. The molecule has 2 heterocycles. The van der Waals surface area contributed by atoms with Crippen LogP contribution in [0.1, 0.15) is 5.89 Å². The van der Waals surface area contributed by atoms with Gasteiger partial charge in [0.2, 0.25) is 0 Å². The molecular weight excluding hydrogens is 292 g/mol. The molecule has 22 heavy (non-hydrogen) atoms. The summed E-state index contributed by atoms with van der Waals surface area (Å²) in [7, 11) is 0. The number of thioether (sulfide) groups is 1. The molecule has 0 saturated heterocycles. The van der Waals surface area contributed by atoms with Gasteiger partial charge in [0.05, 0.1) is 5.52 Å². The third kappa shape index (κ3) is 1.99. The molecule has 0 aliphatic carbocycles. The minimum absolute atomic E-state index is 0.671. The Bertz CT molecular complexity index is 977. The van der Waals surface area contributed by atoms with Crippen LogP contribution in [0.2, 0.25) is 0 Å². The average Bonchev–Trinajstić information content (AvgIpc) is 2.96. The molecule has 0 saturated carbocycles. The third-order valence-electron chi connectivity index (χ3n) is 3.71. The van der Waals surface area contributed by atoms with Crippen molar-refractivity contribution < 1.29 is 4.42 Å². The number of para-hydroxylation sites is 1. The van der Waals surface area contributed by atoms with Gasteiger partial charge in [0.1, 0.15) is 10.5 Å². The average molecular weight is 306 g/mol. The van der Waals surface area contributed by atoms with Crippen molar-refractivity contribution in [2.45, 2.75) is 11.9 Å². The number of aromatic nitrogens is 2. The number of fused-ring (bicyclic) bond motifs is 3. The van der Waals surface area contributed by atoms with E-state index in [-0.39, 0.29) is 0 Å². The summed E-state index contributed by atoms with van der Waals surface area (Å²) in [6.07, 6.45) is 2.02. The Labute approximate surface area is 132 Å². The lowest BCUT2D eigenvalue weighted by molar-refractivity contribution is 0.563. The van der Waals surface area contributed by atoms with Crippen molar-refractivity contribution >= 4 is 33.8 Å². The van der Waals surface area contributed by atoms with Crippen LogP contribution in [0.15, 0.2) is 58.0 Å². The summed E-state index contributed by atoms with van der Waals surface area (Å²) in [5.74, 6) is 0.671. The maximum Gasteiger partial charge on any atom is 0.192 e. The maximum absolute atomic E-state index is 5.85. The Balaban J connectivity index is 2.15. The van der Waals surface area contributed by atoms with Crippen LogP contribution < -0.4 is 0 Å². The van der Waals surface area contributed by atoms with Crippen molar-refractivity contribution in [1.29, 1.82) is 0 Å². The van der Waals surface area contributed by atoms with Gasteiger partial charge in [0.25, 0.3) is 0 Å². The highest BCUT2D eigenvalue weighted by molar-refractivity contribution is 7.98. The molecular formula is C18H14N2OS. The lowest BCUT2D eigenvalue weighted by Gasteiger charge is -2.08. The number of oxazole rings is 1. The van der Waals surface area contributed by atoms with Crippen molar-refractivity contribution in [2.75, 3.05) is 6.26 Å². The zero-order valence-corrected chi connectivity index (χ0v) is 13.1. The number of benzene rings is 2. The topological polar surface area (TPSA) is 38.9 Å². The number of nitrogens with zero attached hydrogens (tertiary/aromatic N) is 2. The second kappa shape index (κ2) is 5.14. The highest BCUT2D eigenvalue weighted by Gasteiger charge is 2.16. The van der Waals surface area contributed by atoms with E-state index in [1.807, 2.05) is 43.5 Å². The molecule has 0 radical (unpaired) electrons. The Morgan fingerprint density at radius 2 is 1.73 bits per heavy atom. The predicted molar refractivity (Wildman–Crippen MR) is 91.3 cm³/mol. The first-order chi connectivity index (χ1) is 10.8. The van der Waals surface area contributed by atoms with E-state index in [4.69, 9.17) is 9.40 Å². The SMILES string of the molecule is CSc1nc2c(-c3ccccc3)cccc2c2oc(C)nc12. The molecule has 4 aromatic rings. The summed E-state index contributed by atoms with van der Waals surface area (Å²) >= 11 is 1.60. The molecule has 0 atom stereocenters. The number of aryl methyl sites for hydroxylation is 1. The zero-order chi connectivity index (χ0) is 15.1. The highest BCUT2D eigenvalue weighted by atomic mass is 32.2. The van der Waals surface area contributed by atoms with Gasteiger partial charge in [0, 0.05) is 17.9 Å². The van der Waals surface area contributed by atoms with Crippen molar-refractivity contribution in [3.05, 3.63) is 54.4 Å². The van der Waals surface area contributed by atoms with Crippen LogP contribution in [-0.2, 0) is 0 Å². The molecule has 4 heteroatoms. The first-order valence-electron chi connectivity index (χ1n) is 7.07. The second-order valence-corrected chi connectivity index (χ2v) is 5.89. The van der Waals surface area contributed by atoms with Gasteiger partial charge in [-0.15, -0.1) is 11.8 Å². The Kier molecular flexibility index (Phi) is 3.12. The maximum atomic E-state index is 5.85. The van der Waals surface area contributed by atoms with Crippen molar-refractivity contribution in [3.63, 3.8) is 0 Å². The second-order valence-electron chi connectivity index (χ2n) is 5.10. The van der Waals surface area contributed by atoms with E-state index in [0.717, 1.165) is 38.2 Å². The third-order valence-corrected chi connectivity index (χ3v) is 4.38. The van der Waals surface area contributed by atoms with E-state index < -0.39 is 0 Å². The molecule has 0 unspecified atom stereocenters. The van der Waals surface area contributed by atoms with E-state index in [1.54, 1.807) is 11.8 Å². The van der Waals surface area contributed by atoms with Crippen LogP contribution in [0, 0.1) is 6.92 Å². The van der Waals surface area contributed by atoms with Crippen LogP contribution in [0.4, 0.5) is 0 Å². The standard InChI is InChI=1S/C18H14N2OS/c1-11-19-16-17(21-11)14-10-6-9-13(12-7-4-3-5-8-12)15(14)20-18(16)22-2/h3-10H,1-2H3. The molecule has 4 rings (SSSR count). The number of rotatable bonds is 2. The smallest absolute Gasteiger partial charge is 0.192 e. The monoisotopic (exact) mass is 306 g/mol. The quantitative estimate of drug-likeness (QED) is 0.484. The van der Waals surface area contributed by atoms with Gasteiger partial charge in [-0.1, -0.05) is 42.5 Å². The van der Waals surface area contributed by atoms with E-state index in [1.165, 1.54) is 0 Å². The van der Waals surface area contributed by atoms with Gasteiger partial charge in [-0.05, 0) is 17.9 Å². The molecule has 0 aliphatic heterocycles. The van der Waals surface area contributed by atoms with E-state index >= 15 is 0 Å². The van der Waals surface area contributed by atoms with E-state index in [0.29, 0.717) is 5.89 Å². The zero-order valence-electron chi connectivity index (χ0n) is 12.3. The summed E-state index contributed by atoms with van der Waals surface area (Å²) < 4.78 is 5.85. The van der Waals surface area contributed by atoms with E-state index in [2.05, 4.69) is 23.2 Å². The summed E-state index contributed by atoms with van der Waals surface area (Å²) in [5.41, 5.74) is 4.90. The minimum atomic E-state index is 0.671. The molecule has 2 aromatic carbocycles. The fourth-order valence-corrected chi connectivity index (χ4v) is 3.26. The number of hydrogen-bond acceptors (Lipinski definition) is 4. The lowest BCUT2D eigenvalue weighted by atomic mass is 10.0. The van der Waals surface area contributed by atoms with Gasteiger partial charge < -0.3 is 4.42 Å². The normalized spacial score (nSPS) is 11.4. The highest BCUT2D eigenvalue weighted by Crippen LogP contribution is 2.35. The fraction of sp³-hybridized carbons (Fsp3) is 0.111. The molecule has 2 aromatic heterocycles.